The highest BCUT2D eigenvalue weighted by Gasteiger charge is 2.52. The van der Waals surface area contributed by atoms with Crippen molar-refractivity contribution >= 4 is 24.7 Å². The van der Waals surface area contributed by atoms with Crippen LogP contribution in [0.4, 0.5) is 0 Å². The zero-order valence-electron chi connectivity index (χ0n) is 22.4. The number of hydrogen-bond acceptors (Lipinski definition) is 5. The maximum Gasteiger partial charge on any atom is 0.311 e. The van der Waals surface area contributed by atoms with Gasteiger partial charge in [-0.05, 0) is 27.4 Å². The molecule has 37 heavy (non-hydrogen) atoms. The lowest BCUT2D eigenvalue weighted by Gasteiger charge is -2.43. The van der Waals surface area contributed by atoms with E-state index in [0.717, 1.165) is 18.4 Å². The van der Waals surface area contributed by atoms with E-state index in [0.29, 0.717) is 13.2 Å². The van der Waals surface area contributed by atoms with Crippen molar-refractivity contribution in [3.05, 3.63) is 96.6 Å². The summed E-state index contributed by atoms with van der Waals surface area (Å²) in [7, 11) is -2.75. The van der Waals surface area contributed by atoms with Gasteiger partial charge in [-0.2, -0.15) is 5.48 Å². The van der Waals surface area contributed by atoms with Gasteiger partial charge in [-0.3, -0.25) is 9.63 Å². The predicted octanol–water partition coefficient (Wildman–Crippen LogP) is 4.99. The highest BCUT2D eigenvalue weighted by Crippen LogP contribution is 2.37. The Morgan fingerprint density at radius 3 is 1.92 bits per heavy atom. The predicted molar refractivity (Wildman–Crippen MR) is 150 cm³/mol. The minimum absolute atomic E-state index is 0.159. The number of hydroxylamine groups is 1. The standard InChI is InChI=1S/C31H39NO4Si/c1-5-15-27-29(32-34-22-24-16-9-6-10-17-24)28(36-30(27)33)23-35-37(31(2,3)4,25-18-11-7-12-19-25)26-20-13-8-14-21-26/h6-14,16-21,27-29,32H,5,15,22-23H2,1-4H3/t27-,28+,29-/m0/s1. The first-order chi connectivity index (χ1) is 17.9. The topological polar surface area (TPSA) is 56.8 Å². The van der Waals surface area contributed by atoms with E-state index in [2.05, 4.69) is 81.7 Å². The highest BCUT2D eigenvalue weighted by atomic mass is 28.4. The summed E-state index contributed by atoms with van der Waals surface area (Å²) in [6.45, 7) is 9.54. The number of esters is 1. The van der Waals surface area contributed by atoms with E-state index in [4.69, 9.17) is 14.0 Å². The van der Waals surface area contributed by atoms with Crippen LogP contribution in [0, 0.1) is 5.92 Å². The normalized spacial score (nSPS) is 20.1. The Hall–Kier alpha value is -2.77. The van der Waals surface area contributed by atoms with E-state index >= 15 is 0 Å². The lowest BCUT2D eigenvalue weighted by molar-refractivity contribution is -0.145. The fourth-order valence-electron chi connectivity index (χ4n) is 5.38. The van der Waals surface area contributed by atoms with Crippen molar-refractivity contribution in [1.82, 2.24) is 5.48 Å². The Morgan fingerprint density at radius 2 is 1.41 bits per heavy atom. The molecule has 1 fully saturated rings. The Labute approximate surface area is 222 Å². The van der Waals surface area contributed by atoms with Crippen LogP contribution in [0.5, 0.6) is 0 Å². The molecule has 3 aromatic rings. The van der Waals surface area contributed by atoms with Crippen LogP contribution in [0.25, 0.3) is 0 Å². The first kappa shape index (κ1) is 27.3. The molecule has 3 atom stereocenters. The molecule has 0 radical (unpaired) electrons. The summed E-state index contributed by atoms with van der Waals surface area (Å²) < 4.78 is 13.0. The smallest absolute Gasteiger partial charge is 0.311 e. The molecule has 196 valence electrons. The number of nitrogens with one attached hydrogen (secondary N) is 1. The molecular weight excluding hydrogens is 478 g/mol. The molecule has 0 amide bonds. The zero-order chi connectivity index (χ0) is 26.3. The minimum atomic E-state index is -2.75. The van der Waals surface area contributed by atoms with Gasteiger partial charge < -0.3 is 9.16 Å². The summed E-state index contributed by atoms with van der Waals surface area (Å²) in [5.74, 6) is -0.452. The minimum Gasteiger partial charge on any atom is -0.458 e. The Morgan fingerprint density at radius 1 is 0.865 bits per heavy atom. The van der Waals surface area contributed by atoms with E-state index < -0.39 is 14.4 Å². The molecule has 0 aliphatic carbocycles. The molecule has 4 rings (SSSR count). The van der Waals surface area contributed by atoms with Gasteiger partial charge in [-0.15, -0.1) is 0 Å². The average Bonchev–Trinajstić information content (AvgIpc) is 3.20. The number of ether oxygens (including phenoxy) is 1. The van der Waals surface area contributed by atoms with Gasteiger partial charge in [0.25, 0.3) is 8.32 Å². The van der Waals surface area contributed by atoms with Gasteiger partial charge in [0.2, 0.25) is 0 Å². The quantitative estimate of drug-likeness (QED) is 0.221. The molecule has 1 N–H and O–H groups in total. The summed E-state index contributed by atoms with van der Waals surface area (Å²) >= 11 is 0. The zero-order valence-corrected chi connectivity index (χ0v) is 23.4. The molecule has 6 heteroatoms. The van der Waals surface area contributed by atoms with Crippen LogP contribution < -0.4 is 15.9 Å². The second-order valence-corrected chi connectivity index (χ2v) is 15.1. The molecule has 1 saturated heterocycles. The van der Waals surface area contributed by atoms with Gasteiger partial charge in [0.05, 0.1) is 25.2 Å². The third-order valence-corrected chi connectivity index (χ3v) is 12.2. The number of hydrogen-bond donors (Lipinski definition) is 1. The van der Waals surface area contributed by atoms with Crippen LogP contribution in [0.15, 0.2) is 91.0 Å². The monoisotopic (exact) mass is 517 g/mol. The third-order valence-electron chi connectivity index (χ3n) is 7.19. The lowest BCUT2D eigenvalue weighted by atomic mass is 9.95. The highest BCUT2D eigenvalue weighted by molar-refractivity contribution is 6.99. The van der Waals surface area contributed by atoms with Crippen LogP contribution in [0.1, 0.15) is 46.1 Å². The fourth-order valence-corrected chi connectivity index (χ4v) is 9.95. The maximum atomic E-state index is 12.9. The van der Waals surface area contributed by atoms with E-state index in [9.17, 15) is 4.79 Å². The fraction of sp³-hybridized carbons (Fsp3) is 0.387. The third kappa shape index (κ3) is 6.04. The second-order valence-electron chi connectivity index (χ2n) is 10.8. The molecular formula is C31H39NO4Si. The maximum absolute atomic E-state index is 12.9. The van der Waals surface area contributed by atoms with Crippen molar-refractivity contribution in [2.45, 2.75) is 64.3 Å². The molecule has 0 unspecified atom stereocenters. The summed E-state index contributed by atoms with van der Waals surface area (Å²) in [5, 5.41) is 2.24. The molecule has 3 aromatic carbocycles. The van der Waals surface area contributed by atoms with Gasteiger partial charge in [0.1, 0.15) is 6.10 Å². The SMILES string of the molecule is CCC[C@@H]1C(=O)O[C@H](CO[Si](c2ccccc2)(c2ccccc2)C(C)(C)C)[C@H]1NOCc1ccccc1. The first-order valence-corrected chi connectivity index (χ1v) is 15.1. The van der Waals surface area contributed by atoms with Crippen LogP contribution in [-0.2, 0) is 25.4 Å². The van der Waals surface area contributed by atoms with Crippen LogP contribution in [0.2, 0.25) is 5.04 Å². The van der Waals surface area contributed by atoms with Gasteiger partial charge in [0, 0.05) is 0 Å². The lowest BCUT2D eigenvalue weighted by Crippen LogP contribution is -2.67. The van der Waals surface area contributed by atoms with Crippen LogP contribution >= 0.6 is 0 Å². The van der Waals surface area contributed by atoms with E-state index in [-0.39, 0.29) is 23.0 Å². The van der Waals surface area contributed by atoms with Gasteiger partial charge >= 0.3 is 5.97 Å². The number of benzene rings is 3. The van der Waals surface area contributed by atoms with Crippen molar-refractivity contribution in [2.75, 3.05) is 6.61 Å². The van der Waals surface area contributed by atoms with E-state index in [1.54, 1.807) is 0 Å². The molecule has 1 aliphatic rings. The largest absolute Gasteiger partial charge is 0.458 e. The van der Waals surface area contributed by atoms with Crippen molar-refractivity contribution in [3.63, 3.8) is 0 Å². The first-order valence-electron chi connectivity index (χ1n) is 13.2. The van der Waals surface area contributed by atoms with Crippen LogP contribution in [0.3, 0.4) is 0 Å². The number of carbonyl (C=O) groups excluding carboxylic acids is 1. The Kier molecular flexibility index (Phi) is 8.98. The summed E-state index contributed by atoms with van der Waals surface area (Å²) in [4.78, 5) is 18.8. The van der Waals surface area contributed by atoms with Gasteiger partial charge in [-0.25, -0.2) is 0 Å². The van der Waals surface area contributed by atoms with Crippen molar-refractivity contribution in [2.24, 2.45) is 5.92 Å². The van der Waals surface area contributed by atoms with Gasteiger partial charge in [0.15, 0.2) is 0 Å². The molecule has 1 heterocycles. The molecule has 0 saturated carbocycles. The van der Waals surface area contributed by atoms with Gasteiger partial charge in [-0.1, -0.05) is 125 Å². The number of carbonyl (C=O) groups is 1. The van der Waals surface area contributed by atoms with E-state index in [1.165, 1.54) is 10.4 Å². The number of rotatable bonds is 11. The average molecular weight is 518 g/mol. The Balaban J connectivity index is 1.60. The summed E-state index contributed by atoms with van der Waals surface area (Å²) in [6.07, 6.45) is 1.18. The molecule has 5 nitrogen and oxygen atoms in total. The summed E-state index contributed by atoms with van der Waals surface area (Å²) in [6, 6.07) is 30.8. The Bertz CT molecular complexity index is 1080. The van der Waals surface area contributed by atoms with Crippen LogP contribution in [-0.4, -0.2) is 33.0 Å². The number of cyclic esters (lactones) is 1. The summed E-state index contributed by atoms with van der Waals surface area (Å²) in [5.41, 5.74) is 4.25. The molecule has 1 aliphatic heterocycles. The van der Waals surface area contributed by atoms with Crippen molar-refractivity contribution < 1.29 is 18.8 Å². The second kappa shape index (κ2) is 12.2. The molecule has 0 bridgehead atoms. The van der Waals surface area contributed by atoms with Crippen molar-refractivity contribution in [1.29, 1.82) is 0 Å². The molecule has 0 aromatic heterocycles. The van der Waals surface area contributed by atoms with E-state index in [1.807, 2.05) is 42.5 Å². The molecule has 0 spiro atoms. The van der Waals surface area contributed by atoms with Crippen molar-refractivity contribution in [3.8, 4) is 0 Å².